The number of aromatic carboxylic acids is 1. The minimum absolute atomic E-state index is 0.230. The first-order valence-corrected chi connectivity index (χ1v) is 5.95. The lowest BCUT2D eigenvalue weighted by atomic mass is 10.2. The molecule has 0 spiro atoms. The van der Waals surface area contributed by atoms with Gasteiger partial charge < -0.3 is 10.0 Å². The van der Waals surface area contributed by atoms with Crippen LogP contribution in [0.5, 0.6) is 0 Å². The number of hydrogen-bond donors (Lipinski definition) is 1. The molecule has 0 aliphatic rings. The van der Waals surface area contributed by atoms with Crippen LogP contribution in [0.25, 0.3) is 0 Å². The highest BCUT2D eigenvalue weighted by atomic mass is 79.9. The lowest BCUT2D eigenvalue weighted by Crippen LogP contribution is -2.22. The molecule has 0 fully saturated rings. The van der Waals surface area contributed by atoms with Gasteiger partial charge in [0.25, 0.3) is 0 Å². The third-order valence-electron chi connectivity index (χ3n) is 2.27. The Labute approximate surface area is 103 Å². The number of anilines is 1. The van der Waals surface area contributed by atoms with E-state index in [0.29, 0.717) is 10.3 Å². The fourth-order valence-electron chi connectivity index (χ4n) is 1.39. The fraction of sp³-hybridized carbons (Fsp3) is 0.455. The SMILES string of the molecule is CCCCN(C)c1ncc(Br)cc1C(=O)O. The van der Waals surface area contributed by atoms with Crippen LogP contribution >= 0.6 is 15.9 Å². The Morgan fingerprint density at radius 3 is 2.88 bits per heavy atom. The number of carboxylic acids is 1. The van der Waals surface area contributed by atoms with Crippen molar-refractivity contribution in [1.82, 2.24) is 4.98 Å². The van der Waals surface area contributed by atoms with Gasteiger partial charge in [0.2, 0.25) is 0 Å². The van der Waals surface area contributed by atoms with Gasteiger partial charge in [-0.15, -0.1) is 0 Å². The maximum Gasteiger partial charge on any atom is 0.339 e. The van der Waals surface area contributed by atoms with Crippen LogP contribution in [-0.4, -0.2) is 29.7 Å². The van der Waals surface area contributed by atoms with Gasteiger partial charge in [-0.05, 0) is 28.4 Å². The molecule has 0 saturated heterocycles. The summed E-state index contributed by atoms with van der Waals surface area (Å²) in [7, 11) is 1.86. The van der Waals surface area contributed by atoms with Crippen LogP contribution in [0.1, 0.15) is 30.1 Å². The second-order valence-corrected chi connectivity index (χ2v) is 4.52. The summed E-state index contributed by atoms with van der Waals surface area (Å²) >= 11 is 3.22. The van der Waals surface area contributed by atoms with Crippen LogP contribution in [0.15, 0.2) is 16.7 Å². The Morgan fingerprint density at radius 1 is 1.62 bits per heavy atom. The van der Waals surface area contributed by atoms with Crippen molar-refractivity contribution in [3.63, 3.8) is 0 Å². The molecule has 1 aromatic heterocycles. The second-order valence-electron chi connectivity index (χ2n) is 3.60. The van der Waals surface area contributed by atoms with E-state index in [-0.39, 0.29) is 5.56 Å². The Hall–Kier alpha value is -1.10. The molecule has 0 aliphatic carbocycles. The van der Waals surface area contributed by atoms with Crippen molar-refractivity contribution in [2.45, 2.75) is 19.8 Å². The minimum Gasteiger partial charge on any atom is -0.478 e. The molecule has 0 unspecified atom stereocenters. The number of carboxylic acid groups (broad SMARTS) is 1. The predicted molar refractivity (Wildman–Crippen MR) is 67.1 cm³/mol. The number of nitrogens with zero attached hydrogens (tertiary/aromatic N) is 2. The number of hydrogen-bond acceptors (Lipinski definition) is 3. The first kappa shape index (κ1) is 13.0. The van der Waals surface area contributed by atoms with E-state index in [1.165, 1.54) is 0 Å². The van der Waals surface area contributed by atoms with Crippen molar-refractivity contribution in [3.8, 4) is 0 Å². The van der Waals surface area contributed by atoms with Gasteiger partial charge in [0.15, 0.2) is 0 Å². The zero-order valence-electron chi connectivity index (χ0n) is 9.40. The molecule has 1 N–H and O–H groups in total. The highest BCUT2D eigenvalue weighted by molar-refractivity contribution is 9.10. The number of aromatic nitrogens is 1. The zero-order chi connectivity index (χ0) is 12.1. The molecule has 0 atom stereocenters. The van der Waals surface area contributed by atoms with Crippen molar-refractivity contribution in [2.24, 2.45) is 0 Å². The summed E-state index contributed by atoms with van der Waals surface area (Å²) in [6.07, 6.45) is 3.71. The van der Waals surface area contributed by atoms with E-state index in [0.717, 1.165) is 19.4 Å². The van der Waals surface area contributed by atoms with Crippen molar-refractivity contribution in [1.29, 1.82) is 0 Å². The van der Waals surface area contributed by atoms with E-state index in [2.05, 4.69) is 27.8 Å². The van der Waals surface area contributed by atoms with E-state index in [1.807, 2.05) is 11.9 Å². The van der Waals surface area contributed by atoms with Gasteiger partial charge in [0, 0.05) is 24.3 Å². The van der Waals surface area contributed by atoms with Crippen LogP contribution in [0, 0.1) is 0 Å². The summed E-state index contributed by atoms with van der Waals surface area (Å²) < 4.78 is 0.678. The van der Waals surface area contributed by atoms with Gasteiger partial charge in [0.1, 0.15) is 11.4 Å². The highest BCUT2D eigenvalue weighted by Crippen LogP contribution is 2.21. The van der Waals surface area contributed by atoms with Gasteiger partial charge in [-0.25, -0.2) is 9.78 Å². The topological polar surface area (TPSA) is 53.4 Å². The van der Waals surface area contributed by atoms with Crippen LogP contribution in [-0.2, 0) is 0 Å². The molecule has 0 aliphatic heterocycles. The highest BCUT2D eigenvalue weighted by Gasteiger charge is 2.15. The molecule has 4 nitrogen and oxygen atoms in total. The van der Waals surface area contributed by atoms with Gasteiger partial charge in [-0.3, -0.25) is 0 Å². The average molecular weight is 287 g/mol. The van der Waals surface area contributed by atoms with Crippen molar-refractivity contribution in [3.05, 3.63) is 22.3 Å². The summed E-state index contributed by atoms with van der Waals surface area (Å²) in [6, 6.07) is 1.58. The maximum absolute atomic E-state index is 11.1. The molecular formula is C11H15BrN2O2. The van der Waals surface area contributed by atoms with Crippen molar-refractivity contribution < 1.29 is 9.90 Å². The first-order valence-electron chi connectivity index (χ1n) is 5.16. The first-order chi connectivity index (χ1) is 7.56. The molecule has 0 amide bonds. The summed E-state index contributed by atoms with van der Waals surface area (Å²) in [6.45, 7) is 2.91. The molecule has 88 valence electrons. The van der Waals surface area contributed by atoms with Gasteiger partial charge >= 0.3 is 5.97 Å². The molecule has 1 heterocycles. The number of unbranched alkanes of at least 4 members (excludes halogenated alkanes) is 1. The smallest absolute Gasteiger partial charge is 0.339 e. The van der Waals surface area contributed by atoms with Crippen molar-refractivity contribution >= 4 is 27.7 Å². The lowest BCUT2D eigenvalue weighted by Gasteiger charge is -2.19. The molecule has 0 radical (unpaired) electrons. The van der Waals surface area contributed by atoms with Crippen LogP contribution in [0.3, 0.4) is 0 Å². The lowest BCUT2D eigenvalue weighted by molar-refractivity contribution is 0.0697. The summed E-state index contributed by atoms with van der Waals surface area (Å²) in [5.41, 5.74) is 0.230. The van der Waals surface area contributed by atoms with Crippen LogP contribution in [0.4, 0.5) is 5.82 Å². The van der Waals surface area contributed by atoms with Gasteiger partial charge in [-0.1, -0.05) is 13.3 Å². The summed E-state index contributed by atoms with van der Waals surface area (Å²) in [5, 5.41) is 9.08. The predicted octanol–water partition coefficient (Wildman–Crippen LogP) is 2.78. The Bertz CT molecular complexity index is 382. The van der Waals surface area contributed by atoms with Crippen LogP contribution < -0.4 is 4.90 Å². The zero-order valence-corrected chi connectivity index (χ0v) is 11.0. The molecule has 0 bridgehead atoms. The van der Waals surface area contributed by atoms with Crippen molar-refractivity contribution in [2.75, 3.05) is 18.5 Å². The molecule has 0 saturated carbocycles. The standard InChI is InChI=1S/C11H15BrN2O2/c1-3-4-5-14(2)10-9(11(15)16)6-8(12)7-13-10/h6-7H,3-5H2,1-2H3,(H,15,16). The van der Waals surface area contributed by atoms with E-state index in [4.69, 9.17) is 5.11 Å². The molecular weight excluding hydrogens is 272 g/mol. The van der Waals surface area contributed by atoms with Gasteiger partial charge in [0.05, 0.1) is 0 Å². The number of carbonyl (C=O) groups is 1. The number of halogens is 1. The summed E-state index contributed by atoms with van der Waals surface area (Å²) in [4.78, 5) is 17.1. The Morgan fingerprint density at radius 2 is 2.31 bits per heavy atom. The Balaban J connectivity index is 2.98. The largest absolute Gasteiger partial charge is 0.478 e. The van der Waals surface area contributed by atoms with E-state index >= 15 is 0 Å². The molecule has 1 aromatic rings. The van der Waals surface area contributed by atoms with Crippen LogP contribution in [0.2, 0.25) is 0 Å². The third-order valence-corrected chi connectivity index (χ3v) is 2.71. The summed E-state index contributed by atoms with van der Waals surface area (Å²) in [5.74, 6) is -0.434. The third kappa shape index (κ3) is 3.20. The molecule has 0 aromatic carbocycles. The molecule has 1 rings (SSSR count). The van der Waals surface area contributed by atoms with E-state index in [1.54, 1.807) is 12.3 Å². The minimum atomic E-state index is -0.952. The monoisotopic (exact) mass is 286 g/mol. The van der Waals surface area contributed by atoms with Gasteiger partial charge in [-0.2, -0.15) is 0 Å². The normalized spacial score (nSPS) is 10.2. The molecule has 16 heavy (non-hydrogen) atoms. The molecule has 5 heteroatoms. The number of rotatable bonds is 5. The average Bonchev–Trinajstić information content (AvgIpc) is 2.25. The second kappa shape index (κ2) is 5.84. The van der Waals surface area contributed by atoms with E-state index in [9.17, 15) is 4.79 Å². The van der Waals surface area contributed by atoms with E-state index < -0.39 is 5.97 Å². The fourth-order valence-corrected chi connectivity index (χ4v) is 1.73. The quantitative estimate of drug-likeness (QED) is 0.904. The Kier molecular flexibility index (Phi) is 4.73. The maximum atomic E-state index is 11.1. The number of pyridine rings is 1.